The molecule has 0 bridgehead atoms. The molecule has 0 spiro atoms. The smallest absolute Gasteiger partial charge is 0.323 e. The maximum absolute atomic E-state index is 11.9. The van der Waals surface area contributed by atoms with Gasteiger partial charge < -0.3 is 15.2 Å². The molecule has 1 saturated heterocycles. The van der Waals surface area contributed by atoms with Gasteiger partial charge in [0.1, 0.15) is 12.1 Å². The van der Waals surface area contributed by atoms with Crippen LogP contribution in [0.15, 0.2) is 0 Å². The van der Waals surface area contributed by atoms with Crippen molar-refractivity contribution in [3.8, 4) is 0 Å². The maximum atomic E-state index is 11.9. The number of nitrogens with one attached hydrogen (secondary N) is 1. The van der Waals surface area contributed by atoms with Crippen molar-refractivity contribution in [2.45, 2.75) is 57.8 Å². The van der Waals surface area contributed by atoms with Crippen molar-refractivity contribution in [3.63, 3.8) is 0 Å². The average molecular weight is 241 g/mol. The van der Waals surface area contributed by atoms with Gasteiger partial charge in [-0.15, -0.1) is 0 Å². The van der Waals surface area contributed by atoms with E-state index in [0.29, 0.717) is 18.9 Å². The molecule has 2 fully saturated rings. The molecule has 0 aromatic heterocycles. The lowest BCUT2D eigenvalue weighted by Crippen LogP contribution is -2.37. The van der Waals surface area contributed by atoms with Crippen molar-refractivity contribution in [2.75, 3.05) is 6.54 Å². The molecular formula is C13H23NO3. The number of β-amino-alcohol motifs (C(OH)–C–C–N with tert-alkyl or cyclic N) is 1. The van der Waals surface area contributed by atoms with Crippen LogP contribution in [0, 0.1) is 11.8 Å². The third kappa shape index (κ3) is 3.19. The van der Waals surface area contributed by atoms with Crippen LogP contribution in [0.5, 0.6) is 0 Å². The Morgan fingerprint density at radius 3 is 2.59 bits per heavy atom. The second kappa shape index (κ2) is 5.36. The fourth-order valence-electron chi connectivity index (χ4n) is 2.75. The minimum atomic E-state index is -0.405. The molecule has 1 aliphatic carbocycles. The van der Waals surface area contributed by atoms with Gasteiger partial charge in [0.15, 0.2) is 0 Å². The van der Waals surface area contributed by atoms with Crippen molar-refractivity contribution in [1.29, 1.82) is 0 Å². The van der Waals surface area contributed by atoms with Crippen LogP contribution in [-0.2, 0) is 9.53 Å². The minimum Gasteiger partial charge on any atom is -0.461 e. The van der Waals surface area contributed by atoms with Gasteiger partial charge in [0, 0.05) is 13.0 Å². The van der Waals surface area contributed by atoms with E-state index < -0.39 is 6.10 Å². The van der Waals surface area contributed by atoms with E-state index in [9.17, 15) is 9.90 Å². The third-order valence-corrected chi connectivity index (χ3v) is 4.23. The van der Waals surface area contributed by atoms with Crippen molar-refractivity contribution in [2.24, 2.45) is 11.8 Å². The Morgan fingerprint density at radius 1 is 1.24 bits per heavy atom. The van der Waals surface area contributed by atoms with Gasteiger partial charge in [0.05, 0.1) is 6.10 Å². The number of carbonyl (C=O) groups is 1. The average Bonchev–Trinajstić information content (AvgIpc) is 2.70. The molecule has 4 heteroatoms. The Hall–Kier alpha value is -0.610. The molecule has 2 rings (SSSR count). The molecule has 4 nitrogen and oxygen atoms in total. The standard InChI is InChI=1S/C13H23NO3/c1-8-3-4-11(5-9(8)2)17-13(16)12-6-10(15)7-14-12/h8-12,14-15H,3-7H2,1-2H3. The summed E-state index contributed by atoms with van der Waals surface area (Å²) in [5, 5.41) is 12.4. The molecule has 2 N–H and O–H groups in total. The molecule has 1 saturated carbocycles. The Kier molecular flexibility index (Phi) is 4.05. The fraction of sp³-hybridized carbons (Fsp3) is 0.923. The summed E-state index contributed by atoms with van der Waals surface area (Å²) in [5.74, 6) is 1.17. The van der Waals surface area contributed by atoms with E-state index in [4.69, 9.17) is 4.74 Å². The number of ether oxygens (including phenoxy) is 1. The fourth-order valence-corrected chi connectivity index (χ4v) is 2.75. The molecule has 5 unspecified atom stereocenters. The highest BCUT2D eigenvalue weighted by Gasteiger charge is 2.33. The Bertz CT molecular complexity index is 282. The number of carbonyl (C=O) groups excluding carboxylic acids is 1. The van der Waals surface area contributed by atoms with Crippen LogP contribution in [0.4, 0.5) is 0 Å². The minimum absolute atomic E-state index is 0.0771. The van der Waals surface area contributed by atoms with Crippen LogP contribution in [0.2, 0.25) is 0 Å². The summed E-state index contributed by atoms with van der Waals surface area (Å²) in [5.41, 5.74) is 0. The van der Waals surface area contributed by atoms with Crippen LogP contribution < -0.4 is 5.32 Å². The monoisotopic (exact) mass is 241 g/mol. The van der Waals surface area contributed by atoms with E-state index in [2.05, 4.69) is 19.2 Å². The summed E-state index contributed by atoms with van der Waals surface area (Å²) in [7, 11) is 0. The molecule has 2 aliphatic rings. The second-order valence-corrected chi connectivity index (χ2v) is 5.68. The quantitative estimate of drug-likeness (QED) is 0.710. The van der Waals surface area contributed by atoms with Crippen LogP contribution in [0.3, 0.4) is 0 Å². The highest BCUT2D eigenvalue weighted by atomic mass is 16.5. The molecule has 0 aromatic carbocycles. The lowest BCUT2D eigenvalue weighted by atomic mass is 9.80. The number of esters is 1. The van der Waals surface area contributed by atoms with Gasteiger partial charge in [0.25, 0.3) is 0 Å². The van der Waals surface area contributed by atoms with E-state index >= 15 is 0 Å². The zero-order chi connectivity index (χ0) is 12.4. The Balaban J connectivity index is 1.79. The third-order valence-electron chi connectivity index (χ3n) is 4.23. The number of rotatable bonds is 2. The molecule has 17 heavy (non-hydrogen) atoms. The van der Waals surface area contributed by atoms with Gasteiger partial charge in [-0.25, -0.2) is 0 Å². The van der Waals surface area contributed by atoms with Crippen LogP contribution in [0.1, 0.15) is 39.5 Å². The summed E-state index contributed by atoms with van der Waals surface area (Å²) in [6.45, 7) is 4.98. The predicted molar refractivity (Wildman–Crippen MR) is 64.5 cm³/mol. The van der Waals surface area contributed by atoms with Crippen molar-refractivity contribution in [3.05, 3.63) is 0 Å². The maximum Gasteiger partial charge on any atom is 0.323 e. The van der Waals surface area contributed by atoms with E-state index in [1.54, 1.807) is 0 Å². The predicted octanol–water partition coefficient (Wildman–Crippen LogP) is 1.08. The van der Waals surface area contributed by atoms with Crippen molar-refractivity contribution in [1.82, 2.24) is 5.32 Å². The van der Waals surface area contributed by atoms with Crippen LogP contribution >= 0.6 is 0 Å². The van der Waals surface area contributed by atoms with Gasteiger partial charge in [-0.2, -0.15) is 0 Å². The molecule has 1 aliphatic heterocycles. The Labute approximate surface area is 103 Å². The van der Waals surface area contributed by atoms with Crippen molar-refractivity contribution < 1.29 is 14.6 Å². The molecule has 0 radical (unpaired) electrons. The summed E-state index contributed by atoms with van der Waals surface area (Å²) in [4.78, 5) is 11.9. The highest BCUT2D eigenvalue weighted by Crippen LogP contribution is 2.31. The molecule has 98 valence electrons. The second-order valence-electron chi connectivity index (χ2n) is 5.68. The molecule has 0 aromatic rings. The van der Waals surface area contributed by atoms with Gasteiger partial charge in [0.2, 0.25) is 0 Å². The summed E-state index contributed by atoms with van der Waals surface area (Å²) < 4.78 is 5.53. The summed E-state index contributed by atoms with van der Waals surface area (Å²) in [6.07, 6.45) is 3.25. The lowest BCUT2D eigenvalue weighted by Gasteiger charge is -2.32. The molecule has 1 heterocycles. The van der Waals surface area contributed by atoms with Crippen molar-refractivity contribution >= 4 is 5.97 Å². The first-order valence-electron chi connectivity index (χ1n) is 6.68. The van der Waals surface area contributed by atoms with E-state index in [1.807, 2.05) is 0 Å². The zero-order valence-electron chi connectivity index (χ0n) is 10.7. The first kappa shape index (κ1) is 12.8. The summed E-state index contributed by atoms with van der Waals surface area (Å²) in [6, 6.07) is -0.306. The molecular weight excluding hydrogens is 218 g/mol. The number of aliphatic hydroxyl groups excluding tert-OH is 1. The SMILES string of the molecule is CC1CCC(OC(=O)C2CC(O)CN2)CC1C. The van der Waals surface area contributed by atoms with E-state index in [1.165, 1.54) is 0 Å². The number of hydrogen-bond donors (Lipinski definition) is 2. The van der Waals surface area contributed by atoms with Crippen LogP contribution in [0.25, 0.3) is 0 Å². The van der Waals surface area contributed by atoms with Gasteiger partial charge in [-0.3, -0.25) is 4.79 Å². The first-order chi connectivity index (χ1) is 8.06. The van der Waals surface area contributed by atoms with Gasteiger partial charge in [-0.05, 0) is 31.1 Å². The van der Waals surface area contributed by atoms with E-state index in [0.717, 1.165) is 25.2 Å². The normalized spacial score (nSPS) is 42.4. The van der Waals surface area contributed by atoms with Gasteiger partial charge in [-0.1, -0.05) is 13.8 Å². The lowest BCUT2D eigenvalue weighted by molar-refractivity contribution is -0.154. The molecule has 0 amide bonds. The van der Waals surface area contributed by atoms with Gasteiger partial charge >= 0.3 is 5.97 Å². The number of hydrogen-bond acceptors (Lipinski definition) is 4. The number of aliphatic hydroxyl groups is 1. The highest BCUT2D eigenvalue weighted by molar-refractivity contribution is 5.76. The molecule has 5 atom stereocenters. The zero-order valence-corrected chi connectivity index (χ0v) is 10.7. The Morgan fingerprint density at radius 2 is 2.00 bits per heavy atom. The largest absolute Gasteiger partial charge is 0.461 e. The van der Waals surface area contributed by atoms with E-state index in [-0.39, 0.29) is 18.1 Å². The summed E-state index contributed by atoms with van der Waals surface area (Å²) >= 11 is 0. The van der Waals surface area contributed by atoms with Crippen LogP contribution in [-0.4, -0.2) is 35.9 Å². The topological polar surface area (TPSA) is 58.6 Å². The first-order valence-corrected chi connectivity index (χ1v) is 6.68.